The normalized spacial score (nSPS) is 12.0. The maximum Gasteiger partial charge on any atom is 0.306 e. The SMILES string of the molecule is CCOc1cccn2c(C(=O)C[C@H](CC(=O)OC)c3ccccc3)c(C)nc12. The molecule has 0 unspecified atom stereocenters. The first-order chi connectivity index (χ1) is 13.5. The van der Waals surface area contributed by atoms with E-state index in [1.54, 1.807) is 4.40 Å². The minimum atomic E-state index is -0.338. The molecule has 0 aliphatic rings. The molecule has 0 spiro atoms. The summed E-state index contributed by atoms with van der Waals surface area (Å²) in [4.78, 5) is 29.6. The first-order valence-electron chi connectivity index (χ1n) is 9.30. The summed E-state index contributed by atoms with van der Waals surface area (Å²) >= 11 is 0. The zero-order chi connectivity index (χ0) is 20.1. The van der Waals surface area contributed by atoms with Crippen LogP contribution in [0.3, 0.4) is 0 Å². The highest BCUT2D eigenvalue weighted by molar-refractivity contribution is 5.97. The van der Waals surface area contributed by atoms with Crippen molar-refractivity contribution in [1.82, 2.24) is 9.38 Å². The van der Waals surface area contributed by atoms with E-state index in [4.69, 9.17) is 9.47 Å². The number of carbonyl (C=O) groups is 2. The van der Waals surface area contributed by atoms with Gasteiger partial charge in [0.15, 0.2) is 17.2 Å². The van der Waals surface area contributed by atoms with Crippen molar-refractivity contribution in [1.29, 1.82) is 0 Å². The number of nitrogens with zero attached hydrogens (tertiary/aromatic N) is 2. The summed E-state index contributed by atoms with van der Waals surface area (Å²) in [7, 11) is 1.36. The molecular formula is C22H24N2O4. The van der Waals surface area contributed by atoms with Crippen LogP contribution in [-0.2, 0) is 9.53 Å². The van der Waals surface area contributed by atoms with Gasteiger partial charge in [-0.2, -0.15) is 0 Å². The van der Waals surface area contributed by atoms with Crippen LogP contribution in [0.5, 0.6) is 5.75 Å². The number of aryl methyl sites for hydroxylation is 1. The Morgan fingerprint density at radius 1 is 1.11 bits per heavy atom. The second kappa shape index (κ2) is 8.69. The van der Waals surface area contributed by atoms with Crippen LogP contribution in [0, 0.1) is 6.92 Å². The lowest BCUT2D eigenvalue weighted by Crippen LogP contribution is -2.15. The van der Waals surface area contributed by atoms with Gasteiger partial charge in [-0.25, -0.2) is 4.98 Å². The number of pyridine rings is 1. The van der Waals surface area contributed by atoms with Crippen LogP contribution in [-0.4, -0.2) is 34.9 Å². The Bertz CT molecular complexity index is 979. The van der Waals surface area contributed by atoms with Gasteiger partial charge < -0.3 is 9.47 Å². The van der Waals surface area contributed by atoms with Gasteiger partial charge in [-0.15, -0.1) is 0 Å². The second-order valence-corrected chi connectivity index (χ2v) is 6.56. The molecule has 0 radical (unpaired) electrons. The van der Waals surface area contributed by atoms with Gasteiger partial charge in [0.1, 0.15) is 5.69 Å². The van der Waals surface area contributed by atoms with E-state index in [1.165, 1.54) is 7.11 Å². The maximum absolute atomic E-state index is 13.2. The predicted octanol–water partition coefficient (Wildman–Crippen LogP) is 3.96. The Morgan fingerprint density at radius 2 is 1.86 bits per heavy atom. The van der Waals surface area contributed by atoms with E-state index in [-0.39, 0.29) is 30.5 Å². The van der Waals surface area contributed by atoms with Crippen molar-refractivity contribution in [2.24, 2.45) is 0 Å². The number of rotatable bonds is 8. The lowest BCUT2D eigenvalue weighted by Gasteiger charge is -2.16. The van der Waals surface area contributed by atoms with Crippen LogP contribution in [0.2, 0.25) is 0 Å². The number of imidazole rings is 1. The van der Waals surface area contributed by atoms with E-state index in [1.807, 2.05) is 62.5 Å². The molecule has 6 nitrogen and oxygen atoms in total. The van der Waals surface area contributed by atoms with Gasteiger partial charge in [-0.1, -0.05) is 30.3 Å². The Labute approximate surface area is 164 Å². The summed E-state index contributed by atoms with van der Waals surface area (Å²) in [5.74, 6) is -0.0333. The van der Waals surface area contributed by atoms with Crippen LogP contribution in [0.4, 0.5) is 0 Å². The number of fused-ring (bicyclic) bond motifs is 1. The molecule has 0 saturated carbocycles. The van der Waals surface area contributed by atoms with E-state index in [9.17, 15) is 9.59 Å². The molecule has 0 bridgehead atoms. The average Bonchev–Trinajstić information content (AvgIpc) is 3.05. The van der Waals surface area contributed by atoms with Gasteiger partial charge in [0, 0.05) is 18.5 Å². The fraction of sp³-hybridized carbons (Fsp3) is 0.318. The number of hydrogen-bond acceptors (Lipinski definition) is 5. The Hall–Kier alpha value is -3.15. The summed E-state index contributed by atoms with van der Waals surface area (Å²) in [5.41, 5.74) is 2.71. The number of ketones is 1. The van der Waals surface area contributed by atoms with E-state index in [0.29, 0.717) is 29.4 Å². The number of carbonyl (C=O) groups excluding carboxylic acids is 2. The lowest BCUT2D eigenvalue weighted by molar-refractivity contribution is -0.141. The second-order valence-electron chi connectivity index (χ2n) is 6.56. The smallest absolute Gasteiger partial charge is 0.306 e. The van der Waals surface area contributed by atoms with Gasteiger partial charge >= 0.3 is 5.97 Å². The van der Waals surface area contributed by atoms with Crippen molar-refractivity contribution in [3.63, 3.8) is 0 Å². The maximum atomic E-state index is 13.2. The first kappa shape index (κ1) is 19.6. The fourth-order valence-electron chi connectivity index (χ4n) is 3.40. The average molecular weight is 380 g/mol. The molecule has 3 aromatic rings. The lowest BCUT2D eigenvalue weighted by atomic mass is 9.90. The monoisotopic (exact) mass is 380 g/mol. The highest BCUT2D eigenvalue weighted by atomic mass is 16.5. The molecule has 1 atom stereocenters. The van der Waals surface area contributed by atoms with Crippen LogP contribution in [0.1, 0.15) is 47.4 Å². The van der Waals surface area contributed by atoms with Crippen LogP contribution in [0.25, 0.3) is 5.65 Å². The highest BCUT2D eigenvalue weighted by Gasteiger charge is 2.25. The number of ether oxygens (including phenoxy) is 2. The molecule has 146 valence electrons. The number of aromatic nitrogens is 2. The van der Waals surface area contributed by atoms with E-state index >= 15 is 0 Å². The van der Waals surface area contributed by atoms with E-state index in [2.05, 4.69) is 4.98 Å². The van der Waals surface area contributed by atoms with Gasteiger partial charge in [0.05, 0.1) is 25.8 Å². The van der Waals surface area contributed by atoms with Crippen LogP contribution < -0.4 is 4.74 Å². The fourth-order valence-corrected chi connectivity index (χ4v) is 3.40. The minimum Gasteiger partial charge on any atom is -0.490 e. The van der Waals surface area contributed by atoms with Crippen molar-refractivity contribution >= 4 is 17.4 Å². The molecule has 2 heterocycles. The van der Waals surface area contributed by atoms with Gasteiger partial charge in [0.25, 0.3) is 0 Å². The standard InChI is InChI=1S/C22H24N2O4/c1-4-28-19-11-8-12-24-21(15(2)23-22(19)24)18(25)13-17(14-20(26)27-3)16-9-6-5-7-10-16/h5-12,17H,4,13-14H2,1-3H3/t17-/m1/s1. The van der Waals surface area contributed by atoms with Crippen molar-refractivity contribution in [3.05, 3.63) is 65.6 Å². The number of benzene rings is 1. The number of esters is 1. The third-order valence-corrected chi connectivity index (χ3v) is 4.70. The van der Waals surface area contributed by atoms with E-state index in [0.717, 1.165) is 5.56 Å². The van der Waals surface area contributed by atoms with Crippen molar-refractivity contribution in [2.45, 2.75) is 32.6 Å². The number of hydrogen-bond donors (Lipinski definition) is 0. The minimum absolute atomic E-state index is 0.0728. The molecule has 0 aliphatic carbocycles. The molecule has 6 heteroatoms. The van der Waals surface area contributed by atoms with Crippen molar-refractivity contribution in [3.8, 4) is 5.75 Å². The summed E-state index contributed by atoms with van der Waals surface area (Å²) in [6.45, 7) is 4.24. The molecule has 3 rings (SSSR count). The Morgan fingerprint density at radius 3 is 2.54 bits per heavy atom. The quantitative estimate of drug-likeness (QED) is 0.437. The Kier molecular flexibility index (Phi) is 6.09. The summed E-state index contributed by atoms with van der Waals surface area (Å²) in [6.07, 6.45) is 2.14. The number of Topliss-reactive ketones (excluding diaryl/α,β-unsaturated/α-hetero) is 1. The van der Waals surface area contributed by atoms with Crippen LogP contribution in [0.15, 0.2) is 48.7 Å². The van der Waals surface area contributed by atoms with Gasteiger partial charge in [0.2, 0.25) is 0 Å². The molecule has 1 aromatic carbocycles. The van der Waals surface area contributed by atoms with Crippen molar-refractivity contribution in [2.75, 3.05) is 13.7 Å². The summed E-state index contributed by atoms with van der Waals surface area (Å²) in [5, 5.41) is 0. The zero-order valence-corrected chi connectivity index (χ0v) is 16.3. The highest BCUT2D eigenvalue weighted by Crippen LogP contribution is 2.28. The zero-order valence-electron chi connectivity index (χ0n) is 16.3. The van der Waals surface area contributed by atoms with Gasteiger partial charge in [-0.05, 0) is 31.5 Å². The summed E-state index contributed by atoms with van der Waals surface area (Å²) in [6, 6.07) is 13.2. The molecule has 0 fully saturated rings. The third-order valence-electron chi connectivity index (χ3n) is 4.70. The Balaban J connectivity index is 1.95. The number of methoxy groups -OCH3 is 1. The van der Waals surface area contributed by atoms with Crippen LogP contribution >= 0.6 is 0 Å². The first-order valence-corrected chi connectivity index (χ1v) is 9.30. The molecule has 0 amide bonds. The topological polar surface area (TPSA) is 69.9 Å². The predicted molar refractivity (Wildman–Crippen MR) is 106 cm³/mol. The molecule has 2 aromatic heterocycles. The third kappa shape index (κ3) is 4.06. The van der Waals surface area contributed by atoms with Gasteiger partial charge in [-0.3, -0.25) is 14.0 Å². The summed E-state index contributed by atoms with van der Waals surface area (Å²) < 4.78 is 12.2. The molecule has 0 aliphatic heterocycles. The molecule has 28 heavy (non-hydrogen) atoms. The molecule has 0 N–H and O–H groups in total. The molecule has 0 saturated heterocycles. The van der Waals surface area contributed by atoms with E-state index < -0.39 is 0 Å². The molecular weight excluding hydrogens is 356 g/mol. The largest absolute Gasteiger partial charge is 0.490 e. The van der Waals surface area contributed by atoms with Crippen molar-refractivity contribution < 1.29 is 19.1 Å².